The third-order valence-electron chi connectivity index (χ3n) is 3.73. The van der Waals surface area contributed by atoms with Crippen molar-refractivity contribution in [2.45, 2.75) is 46.1 Å². The molecule has 7 heteroatoms. The zero-order valence-electron chi connectivity index (χ0n) is 15.6. The molecule has 0 amide bonds. The lowest BCUT2D eigenvalue weighted by Crippen LogP contribution is -2.37. The van der Waals surface area contributed by atoms with E-state index in [1.54, 1.807) is 12.1 Å². The van der Waals surface area contributed by atoms with Gasteiger partial charge in [-0.1, -0.05) is 31.1 Å². The first-order chi connectivity index (χ1) is 12.1. The first kappa shape index (κ1) is 22.4. The average molecular weight is 474 g/mol. The Bertz CT molecular complexity index is 688. The molecule has 0 unspecified atom stereocenters. The van der Waals surface area contributed by atoms with Crippen molar-refractivity contribution < 1.29 is 8.91 Å². The molecule has 0 aliphatic heterocycles. The summed E-state index contributed by atoms with van der Waals surface area (Å²) in [6, 6.07) is 8.67. The summed E-state index contributed by atoms with van der Waals surface area (Å²) in [5.74, 6) is 1.65. The van der Waals surface area contributed by atoms with Gasteiger partial charge in [0.05, 0.1) is 5.69 Å². The van der Waals surface area contributed by atoms with Gasteiger partial charge in [0.2, 0.25) is 0 Å². The van der Waals surface area contributed by atoms with Crippen LogP contribution in [0.15, 0.2) is 39.8 Å². The first-order valence-electron chi connectivity index (χ1n) is 8.80. The van der Waals surface area contributed by atoms with E-state index in [0.717, 1.165) is 48.9 Å². The van der Waals surface area contributed by atoms with Gasteiger partial charge in [-0.25, -0.2) is 9.38 Å². The van der Waals surface area contributed by atoms with Crippen molar-refractivity contribution in [2.75, 3.05) is 13.1 Å². The van der Waals surface area contributed by atoms with E-state index in [4.69, 9.17) is 4.52 Å². The van der Waals surface area contributed by atoms with E-state index in [1.165, 1.54) is 6.07 Å². The molecular formula is C19H28FIN4O. The molecule has 0 aliphatic carbocycles. The predicted molar refractivity (Wildman–Crippen MR) is 114 cm³/mol. The maximum Gasteiger partial charge on any atom is 0.191 e. The zero-order valence-corrected chi connectivity index (χ0v) is 17.9. The minimum absolute atomic E-state index is 0. The van der Waals surface area contributed by atoms with Crippen LogP contribution in [0.2, 0.25) is 0 Å². The molecule has 0 radical (unpaired) electrons. The van der Waals surface area contributed by atoms with Gasteiger partial charge in [0, 0.05) is 19.2 Å². The van der Waals surface area contributed by atoms with Crippen LogP contribution in [0.5, 0.6) is 0 Å². The van der Waals surface area contributed by atoms with Crippen LogP contribution in [0.4, 0.5) is 4.39 Å². The molecule has 5 nitrogen and oxygen atoms in total. The number of aromatic nitrogens is 1. The monoisotopic (exact) mass is 474 g/mol. The number of aliphatic imine (C=N–C) groups is 1. The van der Waals surface area contributed by atoms with Crippen molar-refractivity contribution in [3.63, 3.8) is 0 Å². The first-order valence-corrected chi connectivity index (χ1v) is 8.80. The van der Waals surface area contributed by atoms with E-state index in [1.807, 2.05) is 19.1 Å². The summed E-state index contributed by atoms with van der Waals surface area (Å²) >= 11 is 0. The number of aryl methyl sites for hydroxylation is 1. The molecule has 0 spiro atoms. The maximum absolute atomic E-state index is 13.2. The van der Waals surface area contributed by atoms with Gasteiger partial charge in [0.25, 0.3) is 0 Å². The van der Waals surface area contributed by atoms with Crippen LogP contribution < -0.4 is 10.6 Å². The van der Waals surface area contributed by atoms with E-state index in [-0.39, 0.29) is 29.8 Å². The highest BCUT2D eigenvalue weighted by Crippen LogP contribution is 2.14. The Kier molecular flexibility index (Phi) is 10.2. The van der Waals surface area contributed by atoms with Gasteiger partial charge in [0.1, 0.15) is 12.4 Å². The van der Waals surface area contributed by atoms with E-state index in [9.17, 15) is 4.39 Å². The molecular weight excluding hydrogens is 446 g/mol. The topological polar surface area (TPSA) is 62.5 Å². The van der Waals surface area contributed by atoms with E-state index in [2.05, 4.69) is 34.6 Å². The van der Waals surface area contributed by atoms with Gasteiger partial charge in [-0.05, 0) is 43.4 Å². The normalized spacial score (nSPS) is 11.3. The number of halogens is 2. The minimum Gasteiger partial charge on any atom is -0.359 e. The second kappa shape index (κ2) is 11.9. The lowest BCUT2D eigenvalue weighted by molar-refractivity contribution is 0.376. The number of rotatable bonds is 8. The minimum atomic E-state index is -0.187. The molecule has 1 aromatic carbocycles. The lowest BCUT2D eigenvalue weighted by atomic mass is 10.1. The number of nitrogens with zero attached hydrogens (tertiary/aromatic N) is 2. The second-order valence-electron chi connectivity index (χ2n) is 6.23. The SMILES string of the molecule is CCNC(=NCc1cc(C(C)C)no1)NCCCc1cccc(F)c1.I. The van der Waals surface area contributed by atoms with Crippen molar-refractivity contribution in [3.8, 4) is 0 Å². The van der Waals surface area contributed by atoms with E-state index < -0.39 is 0 Å². The van der Waals surface area contributed by atoms with Crippen molar-refractivity contribution in [1.29, 1.82) is 0 Å². The Morgan fingerprint density at radius 3 is 2.73 bits per heavy atom. The van der Waals surface area contributed by atoms with Crippen LogP contribution in [0.1, 0.15) is 50.1 Å². The Hall–Kier alpha value is -1.64. The molecule has 0 saturated carbocycles. The quantitative estimate of drug-likeness (QED) is 0.260. The molecule has 2 rings (SSSR count). The number of guanidine groups is 1. The van der Waals surface area contributed by atoms with E-state index >= 15 is 0 Å². The molecule has 1 aromatic heterocycles. The number of hydrogen-bond donors (Lipinski definition) is 2. The largest absolute Gasteiger partial charge is 0.359 e. The van der Waals surface area contributed by atoms with Gasteiger partial charge < -0.3 is 15.2 Å². The van der Waals surface area contributed by atoms with Crippen LogP contribution >= 0.6 is 24.0 Å². The van der Waals surface area contributed by atoms with Crippen molar-refractivity contribution in [3.05, 3.63) is 53.2 Å². The standard InChI is InChI=1S/C19H27FN4O.HI/c1-4-21-19(23-13-17-12-18(14(2)3)24-25-17)22-10-6-8-15-7-5-9-16(20)11-15;/h5,7,9,11-12,14H,4,6,8,10,13H2,1-3H3,(H2,21,22,23);1H. The van der Waals surface area contributed by atoms with Gasteiger partial charge in [-0.2, -0.15) is 0 Å². The molecule has 2 aromatic rings. The highest BCUT2D eigenvalue weighted by molar-refractivity contribution is 14.0. The number of nitrogens with one attached hydrogen (secondary N) is 2. The third-order valence-corrected chi connectivity index (χ3v) is 3.73. The average Bonchev–Trinajstić information content (AvgIpc) is 3.06. The summed E-state index contributed by atoms with van der Waals surface area (Å²) in [6.45, 7) is 8.16. The van der Waals surface area contributed by atoms with Crippen LogP contribution in [0.3, 0.4) is 0 Å². The van der Waals surface area contributed by atoms with Gasteiger partial charge >= 0.3 is 0 Å². The summed E-state index contributed by atoms with van der Waals surface area (Å²) in [4.78, 5) is 4.52. The third kappa shape index (κ3) is 7.72. The highest BCUT2D eigenvalue weighted by Gasteiger charge is 2.07. The van der Waals surface area contributed by atoms with Crippen LogP contribution in [0.25, 0.3) is 0 Å². The fourth-order valence-electron chi connectivity index (χ4n) is 2.37. The summed E-state index contributed by atoms with van der Waals surface area (Å²) < 4.78 is 18.5. The molecule has 0 aliphatic rings. The molecule has 1 heterocycles. The van der Waals surface area contributed by atoms with Gasteiger partial charge in [-0.15, -0.1) is 24.0 Å². The van der Waals surface area contributed by atoms with Crippen LogP contribution in [-0.2, 0) is 13.0 Å². The van der Waals surface area contributed by atoms with Crippen LogP contribution in [0, 0.1) is 5.82 Å². The second-order valence-corrected chi connectivity index (χ2v) is 6.23. The fraction of sp³-hybridized carbons (Fsp3) is 0.474. The van der Waals surface area contributed by atoms with Crippen molar-refractivity contribution in [1.82, 2.24) is 15.8 Å². The molecule has 0 bridgehead atoms. The fourth-order valence-corrected chi connectivity index (χ4v) is 2.37. The Balaban J connectivity index is 0.00000338. The summed E-state index contributed by atoms with van der Waals surface area (Å²) in [5, 5.41) is 10.5. The number of benzene rings is 1. The summed E-state index contributed by atoms with van der Waals surface area (Å²) in [5.41, 5.74) is 1.95. The van der Waals surface area contributed by atoms with E-state index in [0.29, 0.717) is 12.5 Å². The molecule has 0 atom stereocenters. The highest BCUT2D eigenvalue weighted by atomic mass is 127. The Morgan fingerprint density at radius 1 is 1.27 bits per heavy atom. The Labute approximate surface area is 171 Å². The molecule has 2 N–H and O–H groups in total. The summed E-state index contributed by atoms with van der Waals surface area (Å²) in [6.07, 6.45) is 1.72. The molecule has 0 saturated heterocycles. The van der Waals surface area contributed by atoms with Gasteiger partial charge in [0.15, 0.2) is 11.7 Å². The Morgan fingerprint density at radius 2 is 2.08 bits per heavy atom. The zero-order chi connectivity index (χ0) is 18.1. The van der Waals surface area contributed by atoms with Crippen molar-refractivity contribution in [2.24, 2.45) is 4.99 Å². The predicted octanol–water partition coefficient (Wildman–Crippen LogP) is 4.24. The smallest absolute Gasteiger partial charge is 0.191 e. The summed E-state index contributed by atoms with van der Waals surface area (Å²) in [7, 11) is 0. The number of hydrogen-bond acceptors (Lipinski definition) is 3. The molecule has 0 fully saturated rings. The maximum atomic E-state index is 13.2. The van der Waals surface area contributed by atoms with Crippen LogP contribution in [-0.4, -0.2) is 24.2 Å². The lowest BCUT2D eigenvalue weighted by Gasteiger charge is -2.10. The molecule has 144 valence electrons. The molecule has 26 heavy (non-hydrogen) atoms. The van der Waals surface area contributed by atoms with Gasteiger partial charge in [-0.3, -0.25) is 0 Å². The van der Waals surface area contributed by atoms with Crippen molar-refractivity contribution >= 4 is 29.9 Å².